The molecule has 0 saturated heterocycles. The first-order valence-corrected chi connectivity index (χ1v) is 12.1. The van der Waals surface area contributed by atoms with Crippen LogP contribution < -0.4 is 0 Å². The van der Waals surface area contributed by atoms with Gasteiger partial charge in [-0.2, -0.15) is 8.75 Å². The number of thiophene rings is 3. The lowest BCUT2D eigenvalue weighted by atomic mass is 10.0. The maximum Gasteiger partial charge on any atom is 0.170 e. The van der Waals surface area contributed by atoms with E-state index in [2.05, 4.69) is 8.75 Å². The normalized spacial score (nSPS) is 11.7. The zero-order valence-corrected chi connectivity index (χ0v) is 19.2. The Morgan fingerprint density at radius 2 is 1.43 bits per heavy atom. The largest absolute Gasteiger partial charge is 0.206 e. The number of fused-ring (bicyclic) bond motifs is 1. The van der Waals surface area contributed by atoms with Crippen LogP contribution in [0.3, 0.4) is 0 Å². The molecule has 30 heavy (non-hydrogen) atoms. The Balaban J connectivity index is 1.74. The molecule has 0 fully saturated rings. The minimum atomic E-state index is -0.933. The van der Waals surface area contributed by atoms with Crippen molar-refractivity contribution in [1.29, 1.82) is 0 Å². The fraction of sp³-hybridized carbons (Fsp3) is 0.143. The van der Waals surface area contributed by atoms with Gasteiger partial charge in [0.1, 0.15) is 16.9 Å². The lowest BCUT2D eigenvalue weighted by molar-refractivity contribution is 0.516. The number of hydrogen-bond donors (Lipinski definition) is 0. The standard InChI is InChI=1S/C21H13F3N2S4/c1-8-4-12(27-7-8)15-17(23)18(24)16(20-19(15)25-30-26-20)13-5-9(2)21(29-13)14-6-11(22)10(3)28-14/h4-7H,1-3H3. The van der Waals surface area contributed by atoms with Crippen LogP contribution in [0, 0.1) is 38.2 Å². The van der Waals surface area contributed by atoms with Crippen LogP contribution in [0.2, 0.25) is 0 Å². The topological polar surface area (TPSA) is 25.8 Å². The van der Waals surface area contributed by atoms with E-state index >= 15 is 8.78 Å². The van der Waals surface area contributed by atoms with Gasteiger partial charge in [-0.25, -0.2) is 13.2 Å². The molecule has 0 aliphatic carbocycles. The van der Waals surface area contributed by atoms with Gasteiger partial charge in [0, 0.05) is 24.4 Å². The van der Waals surface area contributed by atoms with Gasteiger partial charge in [-0.15, -0.1) is 34.0 Å². The van der Waals surface area contributed by atoms with Gasteiger partial charge in [-0.3, -0.25) is 0 Å². The Morgan fingerprint density at radius 3 is 2.00 bits per heavy atom. The Bertz CT molecular complexity index is 1400. The number of hydrogen-bond acceptors (Lipinski definition) is 6. The summed E-state index contributed by atoms with van der Waals surface area (Å²) in [5.41, 5.74) is 2.84. The summed E-state index contributed by atoms with van der Waals surface area (Å²) in [4.78, 5) is 3.39. The molecule has 0 saturated carbocycles. The second kappa shape index (κ2) is 7.26. The van der Waals surface area contributed by atoms with Crippen molar-refractivity contribution in [2.24, 2.45) is 0 Å². The van der Waals surface area contributed by atoms with Crippen molar-refractivity contribution in [3.63, 3.8) is 0 Å². The van der Waals surface area contributed by atoms with Gasteiger partial charge in [0.05, 0.1) is 22.9 Å². The third-order valence-corrected chi connectivity index (χ3v) is 8.87. The molecule has 2 nitrogen and oxygen atoms in total. The highest BCUT2D eigenvalue weighted by molar-refractivity contribution is 7.24. The minimum absolute atomic E-state index is 0.112. The lowest BCUT2D eigenvalue weighted by Gasteiger charge is -2.08. The van der Waals surface area contributed by atoms with Crippen molar-refractivity contribution >= 4 is 56.8 Å². The van der Waals surface area contributed by atoms with E-state index in [1.54, 1.807) is 13.0 Å². The van der Waals surface area contributed by atoms with E-state index < -0.39 is 11.6 Å². The molecule has 0 N–H and O–H groups in total. The van der Waals surface area contributed by atoms with Crippen LogP contribution in [0.4, 0.5) is 13.2 Å². The zero-order valence-electron chi connectivity index (χ0n) is 16.0. The number of nitrogens with zero attached hydrogens (tertiary/aromatic N) is 2. The average Bonchev–Trinajstić information content (AvgIpc) is 3.47. The van der Waals surface area contributed by atoms with Crippen LogP contribution in [0.25, 0.3) is 41.7 Å². The second-order valence-electron chi connectivity index (χ2n) is 6.97. The highest BCUT2D eigenvalue weighted by atomic mass is 32.1. The predicted octanol–water partition coefficient (Wildman–Crippen LogP) is 8.22. The van der Waals surface area contributed by atoms with Crippen LogP contribution in [0.15, 0.2) is 23.6 Å². The second-order valence-corrected chi connectivity index (χ2v) is 10.7. The summed E-state index contributed by atoms with van der Waals surface area (Å²) in [6.45, 7) is 5.51. The van der Waals surface area contributed by atoms with E-state index in [0.29, 0.717) is 25.7 Å². The fourth-order valence-electron chi connectivity index (χ4n) is 3.38. The van der Waals surface area contributed by atoms with Crippen molar-refractivity contribution < 1.29 is 13.2 Å². The Morgan fingerprint density at radius 1 is 0.767 bits per heavy atom. The van der Waals surface area contributed by atoms with Gasteiger partial charge < -0.3 is 0 Å². The molecular weight excluding hydrogens is 466 g/mol. The van der Waals surface area contributed by atoms with Crippen molar-refractivity contribution in [3.8, 4) is 30.6 Å². The lowest BCUT2D eigenvalue weighted by Crippen LogP contribution is -1.95. The molecule has 5 aromatic rings. The van der Waals surface area contributed by atoms with Gasteiger partial charge in [-0.05, 0) is 55.5 Å². The maximum absolute atomic E-state index is 15.4. The molecular formula is C21H13F3N2S4. The first kappa shape index (κ1) is 19.9. The van der Waals surface area contributed by atoms with Gasteiger partial charge in [-0.1, -0.05) is 0 Å². The summed E-state index contributed by atoms with van der Waals surface area (Å²) in [6.07, 6.45) is 0. The van der Waals surface area contributed by atoms with Crippen molar-refractivity contribution in [1.82, 2.24) is 8.75 Å². The SMILES string of the molecule is Cc1csc(-c2c(F)c(F)c(-c3cc(C)c(-c4cc(F)c(C)s4)s3)c3nsnc23)c1. The van der Waals surface area contributed by atoms with Crippen LogP contribution in [-0.4, -0.2) is 8.75 Å². The van der Waals surface area contributed by atoms with E-state index in [1.807, 2.05) is 25.3 Å². The molecule has 5 rings (SSSR count). The van der Waals surface area contributed by atoms with E-state index in [0.717, 1.165) is 32.6 Å². The minimum Gasteiger partial charge on any atom is -0.206 e. The van der Waals surface area contributed by atoms with Gasteiger partial charge in [0.25, 0.3) is 0 Å². The first-order valence-electron chi connectivity index (χ1n) is 8.91. The molecule has 0 radical (unpaired) electrons. The first-order chi connectivity index (χ1) is 14.3. The Hall–Kier alpha value is -2.07. The third-order valence-electron chi connectivity index (χ3n) is 4.82. The summed E-state index contributed by atoms with van der Waals surface area (Å²) in [7, 11) is 0. The molecule has 152 valence electrons. The molecule has 0 amide bonds. The summed E-state index contributed by atoms with van der Waals surface area (Å²) < 4.78 is 53.1. The average molecular weight is 479 g/mol. The summed E-state index contributed by atoms with van der Waals surface area (Å²) in [6, 6.07) is 5.11. The molecule has 0 aliphatic rings. The van der Waals surface area contributed by atoms with Gasteiger partial charge in [0.15, 0.2) is 11.6 Å². The van der Waals surface area contributed by atoms with E-state index in [-0.39, 0.29) is 16.9 Å². The molecule has 0 spiro atoms. The van der Waals surface area contributed by atoms with Crippen LogP contribution in [0.5, 0.6) is 0 Å². The molecule has 0 atom stereocenters. The molecule has 9 heteroatoms. The van der Waals surface area contributed by atoms with Gasteiger partial charge >= 0.3 is 0 Å². The molecule has 0 unspecified atom stereocenters. The smallest absolute Gasteiger partial charge is 0.170 e. The van der Waals surface area contributed by atoms with Crippen molar-refractivity contribution in [2.45, 2.75) is 20.8 Å². The summed E-state index contributed by atoms with van der Waals surface area (Å²) in [5.74, 6) is -2.11. The van der Waals surface area contributed by atoms with Crippen molar-refractivity contribution in [2.75, 3.05) is 0 Å². The highest BCUT2D eigenvalue weighted by Gasteiger charge is 2.27. The number of rotatable bonds is 3. The number of benzene rings is 1. The maximum atomic E-state index is 15.4. The van der Waals surface area contributed by atoms with E-state index in [4.69, 9.17) is 0 Å². The molecule has 0 bridgehead atoms. The van der Waals surface area contributed by atoms with Crippen LogP contribution in [-0.2, 0) is 0 Å². The number of aryl methyl sites for hydroxylation is 3. The van der Waals surface area contributed by atoms with Crippen LogP contribution in [0.1, 0.15) is 16.0 Å². The van der Waals surface area contributed by atoms with Crippen molar-refractivity contribution in [3.05, 3.63) is 57.0 Å². The summed E-state index contributed by atoms with van der Waals surface area (Å²) in [5, 5.41) is 1.89. The molecule has 4 heterocycles. The fourth-order valence-corrected chi connectivity index (χ4v) is 7.15. The molecule has 4 aromatic heterocycles. The Kier molecular flexibility index (Phi) is 4.81. The zero-order chi connectivity index (χ0) is 21.2. The molecule has 0 aliphatic heterocycles. The van der Waals surface area contributed by atoms with E-state index in [1.165, 1.54) is 40.1 Å². The quantitative estimate of drug-likeness (QED) is 0.261. The van der Waals surface area contributed by atoms with Crippen LogP contribution >= 0.6 is 45.7 Å². The number of halogens is 3. The number of aromatic nitrogens is 2. The molecule has 1 aromatic carbocycles. The van der Waals surface area contributed by atoms with E-state index in [9.17, 15) is 4.39 Å². The monoisotopic (exact) mass is 478 g/mol. The Labute approximate surface area is 186 Å². The summed E-state index contributed by atoms with van der Waals surface area (Å²) >= 11 is 4.95. The highest BCUT2D eigenvalue weighted by Crippen LogP contribution is 2.46. The third kappa shape index (κ3) is 3.03. The predicted molar refractivity (Wildman–Crippen MR) is 121 cm³/mol. The van der Waals surface area contributed by atoms with Gasteiger partial charge in [0.2, 0.25) is 0 Å².